The van der Waals surface area contributed by atoms with Crippen LogP contribution in [0, 0.1) is 0 Å². The molecule has 2 aromatic rings. The molecule has 2 aromatic carbocycles. The second-order valence-corrected chi connectivity index (χ2v) is 9.07. The van der Waals surface area contributed by atoms with Gasteiger partial charge in [-0.1, -0.05) is 51.1 Å². The minimum Gasteiger partial charge on any atom is -0.313 e. The van der Waals surface area contributed by atoms with Gasteiger partial charge in [-0.3, -0.25) is 4.31 Å². The molecule has 29 heavy (non-hydrogen) atoms. The second kappa shape index (κ2) is 12.0. The highest BCUT2D eigenvalue weighted by atomic mass is 35.5. The monoisotopic (exact) mass is 436 g/mol. The smallest absolute Gasteiger partial charge is 0.264 e. The van der Waals surface area contributed by atoms with E-state index in [1.54, 1.807) is 12.1 Å². The third kappa shape index (κ3) is 6.88. The van der Waals surface area contributed by atoms with Crippen LogP contribution in [0.5, 0.6) is 0 Å². The van der Waals surface area contributed by atoms with Crippen molar-refractivity contribution >= 4 is 28.1 Å². The molecule has 0 heterocycles. The van der Waals surface area contributed by atoms with E-state index in [1.807, 2.05) is 49.4 Å². The lowest BCUT2D eigenvalue weighted by molar-refractivity contribution is 0.590. The third-order valence-electron chi connectivity index (χ3n) is 4.66. The zero-order valence-corrected chi connectivity index (χ0v) is 19.2. The predicted octanol–water partition coefficient (Wildman–Crippen LogP) is 5.16. The van der Waals surface area contributed by atoms with E-state index in [0.717, 1.165) is 31.5 Å². The van der Waals surface area contributed by atoms with Crippen molar-refractivity contribution in [2.45, 2.75) is 44.4 Å². The van der Waals surface area contributed by atoms with Crippen LogP contribution in [-0.4, -0.2) is 28.1 Å². The lowest BCUT2D eigenvalue weighted by Gasteiger charge is -2.24. The molecule has 0 saturated carbocycles. The molecule has 0 radical (unpaired) electrons. The molecule has 0 bridgehead atoms. The third-order valence-corrected chi connectivity index (χ3v) is 6.51. The van der Waals surface area contributed by atoms with Gasteiger partial charge in [0.2, 0.25) is 0 Å². The highest BCUT2D eigenvalue weighted by Gasteiger charge is 2.24. The van der Waals surface area contributed by atoms with Gasteiger partial charge >= 0.3 is 0 Å². The van der Waals surface area contributed by atoms with Gasteiger partial charge in [-0.25, -0.2) is 8.42 Å². The summed E-state index contributed by atoms with van der Waals surface area (Å²) in [6.45, 7) is 12.0. The minimum absolute atomic E-state index is 0. The summed E-state index contributed by atoms with van der Waals surface area (Å²) in [4.78, 5) is 0.336. The Bertz CT molecular complexity index is 847. The number of halogens is 1. The quantitative estimate of drug-likeness (QED) is 0.391. The Morgan fingerprint density at radius 3 is 2.21 bits per heavy atom. The molecule has 0 fully saturated rings. The van der Waals surface area contributed by atoms with Crippen molar-refractivity contribution in [3.8, 4) is 0 Å². The molecule has 0 aliphatic carbocycles. The second-order valence-electron chi connectivity index (χ2n) is 7.21. The van der Waals surface area contributed by atoms with E-state index >= 15 is 0 Å². The molecule has 0 atom stereocenters. The maximum Gasteiger partial charge on any atom is 0.264 e. The molecule has 0 saturated heterocycles. The van der Waals surface area contributed by atoms with Crippen molar-refractivity contribution in [1.29, 1.82) is 0 Å². The molecule has 0 aromatic heterocycles. The van der Waals surface area contributed by atoms with Crippen molar-refractivity contribution in [2.24, 2.45) is 0 Å². The summed E-state index contributed by atoms with van der Waals surface area (Å²) >= 11 is 0. The van der Waals surface area contributed by atoms with Gasteiger partial charge in [-0.15, -0.1) is 19.0 Å². The summed E-state index contributed by atoms with van der Waals surface area (Å²) < 4.78 is 28.0. The maximum atomic E-state index is 13.2. The molecule has 160 valence electrons. The molecule has 0 spiro atoms. The van der Waals surface area contributed by atoms with E-state index < -0.39 is 10.0 Å². The number of rotatable bonds is 11. The number of benzene rings is 2. The molecular weight excluding hydrogens is 404 g/mol. The van der Waals surface area contributed by atoms with Gasteiger partial charge < -0.3 is 5.32 Å². The highest BCUT2D eigenvalue weighted by Crippen LogP contribution is 2.26. The van der Waals surface area contributed by atoms with Gasteiger partial charge in [0, 0.05) is 13.1 Å². The summed E-state index contributed by atoms with van der Waals surface area (Å²) in [5, 5.41) is 3.27. The fourth-order valence-electron chi connectivity index (χ4n) is 3.01. The zero-order chi connectivity index (χ0) is 20.6. The molecule has 0 unspecified atom stereocenters. The van der Waals surface area contributed by atoms with E-state index in [1.165, 1.54) is 9.87 Å². The molecule has 0 amide bonds. The Morgan fingerprint density at radius 1 is 1.07 bits per heavy atom. The van der Waals surface area contributed by atoms with Crippen molar-refractivity contribution in [2.75, 3.05) is 23.9 Å². The summed E-state index contributed by atoms with van der Waals surface area (Å²) in [6, 6.07) is 15.1. The summed E-state index contributed by atoms with van der Waals surface area (Å²) in [6.07, 6.45) is 3.48. The lowest BCUT2D eigenvalue weighted by Crippen LogP contribution is -2.31. The number of anilines is 1. The first-order valence-corrected chi connectivity index (χ1v) is 11.4. The number of nitrogens with zero attached hydrogens (tertiary/aromatic N) is 1. The normalized spacial score (nSPS) is 11.2. The zero-order valence-electron chi connectivity index (χ0n) is 17.6. The van der Waals surface area contributed by atoms with Crippen LogP contribution in [0.1, 0.15) is 44.2 Å². The predicted molar refractivity (Wildman–Crippen MR) is 126 cm³/mol. The van der Waals surface area contributed by atoms with Gasteiger partial charge in [0.25, 0.3) is 10.0 Å². The fraction of sp³-hybridized carbons (Fsp3) is 0.391. The Balaban J connectivity index is 0.00000420. The Morgan fingerprint density at radius 2 is 1.69 bits per heavy atom. The van der Waals surface area contributed by atoms with E-state index in [9.17, 15) is 8.42 Å². The van der Waals surface area contributed by atoms with Crippen LogP contribution in [-0.2, 0) is 16.4 Å². The first kappa shape index (κ1) is 25.2. The summed E-state index contributed by atoms with van der Waals surface area (Å²) in [5.74, 6) is 0.372. The van der Waals surface area contributed by atoms with Crippen molar-refractivity contribution in [3.05, 3.63) is 72.3 Å². The molecule has 0 aliphatic rings. The number of sulfonamides is 1. The number of hydrogen-bond donors (Lipinski definition) is 1. The molecule has 6 heteroatoms. The van der Waals surface area contributed by atoms with E-state index in [4.69, 9.17) is 0 Å². The van der Waals surface area contributed by atoms with Crippen LogP contribution < -0.4 is 9.62 Å². The van der Waals surface area contributed by atoms with Crippen LogP contribution in [0.25, 0.3) is 0 Å². The molecule has 2 rings (SSSR count). The van der Waals surface area contributed by atoms with Crippen molar-refractivity contribution in [3.63, 3.8) is 0 Å². The first-order valence-electron chi connectivity index (χ1n) is 9.93. The van der Waals surface area contributed by atoms with Crippen LogP contribution in [0.15, 0.2) is 66.1 Å². The topological polar surface area (TPSA) is 49.4 Å². The standard InChI is InChI=1S/C23H32N2O2S.ClH/c1-5-16-24-17-15-20-7-11-22(12-8-20)25(18-6-2)28(26,27)23-13-9-21(10-14-23)19(3)4;/h5,7-14,19,24H,1,6,15-18H2,2-4H3;1H. The first-order chi connectivity index (χ1) is 13.4. The Hall–Kier alpha value is -1.82. The highest BCUT2D eigenvalue weighted by molar-refractivity contribution is 7.92. The molecular formula is C23H33ClN2O2S. The van der Waals surface area contributed by atoms with Crippen LogP contribution in [0.3, 0.4) is 0 Å². The largest absolute Gasteiger partial charge is 0.313 e. The molecule has 1 N–H and O–H groups in total. The molecule has 0 aliphatic heterocycles. The molecule has 4 nitrogen and oxygen atoms in total. The van der Waals surface area contributed by atoms with E-state index in [-0.39, 0.29) is 12.4 Å². The maximum absolute atomic E-state index is 13.2. The lowest BCUT2D eigenvalue weighted by atomic mass is 10.0. The van der Waals surface area contributed by atoms with Crippen molar-refractivity contribution in [1.82, 2.24) is 5.32 Å². The average Bonchev–Trinajstić information content (AvgIpc) is 2.70. The van der Waals surface area contributed by atoms with E-state index in [2.05, 4.69) is 25.7 Å². The van der Waals surface area contributed by atoms with Gasteiger partial charge in [-0.2, -0.15) is 0 Å². The van der Waals surface area contributed by atoms with E-state index in [0.29, 0.717) is 23.0 Å². The summed E-state index contributed by atoms with van der Waals surface area (Å²) in [7, 11) is -3.59. The van der Waals surface area contributed by atoms with Gasteiger partial charge in [0.1, 0.15) is 0 Å². The van der Waals surface area contributed by atoms with Crippen LogP contribution in [0.4, 0.5) is 5.69 Å². The Labute approximate surface area is 182 Å². The number of hydrogen-bond acceptors (Lipinski definition) is 3. The van der Waals surface area contributed by atoms with Crippen LogP contribution in [0.2, 0.25) is 0 Å². The van der Waals surface area contributed by atoms with Crippen LogP contribution >= 0.6 is 12.4 Å². The minimum atomic E-state index is -3.59. The van der Waals surface area contributed by atoms with Gasteiger partial charge in [0.15, 0.2) is 0 Å². The summed E-state index contributed by atoms with van der Waals surface area (Å²) in [5.41, 5.74) is 3.02. The SMILES string of the molecule is C=CCNCCc1ccc(N(CCC)S(=O)(=O)c2ccc(C(C)C)cc2)cc1.Cl. The van der Waals surface area contributed by atoms with Gasteiger partial charge in [0.05, 0.1) is 10.6 Å². The number of nitrogens with one attached hydrogen (secondary N) is 1. The average molecular weight is 437 g/mol. The fourth-order valence-corrected chi connectivity index (χ4v) is 4.57. The Kier molecular flexibility index (Phi) is 10.4. The van der Waals surface area contributed by atoms with Gasteiger partial charge in [-0.05, 0) is 60.7 Å². The van der Waals surface area contributed by atoms with Crippen molar-refractivity contribution < 1.29 is 8.42 Å².